The smallest absolute Gasteiger partial charge is 0.113 e. The fourth-order valence-corrected chi connectivity index (χ4v) is 3.80. The Morgan fingerprint density at radius 2 is 1.96 bits per heavy atom. The first-order valence-electron chi connectivity index (χ1n) is 9.05. The van der Waals surface area contributed by atoms with Crippen LogP contribution in [0.15, 0.2) is 54.7 Å². The molecule has 5 nitrogen and oxygen atoms in total. The van der Waals surface area contributed by atoms with E-state index < -0.39 is 0 Å². The van der Waals surface area contributed by atoms with Gasteiger partial charge in [0, 0.05) is 34.7 Å². The lowest BCUT2D eigenvalue weighted by molar-refractivity contribution is 0.398. The van der Waals surface area contributed by atoms with Crippen molar-refractivity contribution in [2.45, 2.75) is 32.5 Å². The lowest BCUT2D eigenvalue weighted by atomic mass is 9.98. The number of H-pyrrole nitrogens is 1. The molecule has 4 aromatic rings. The Labute approximate surface area is 152 Å². The molecular formula is C21H21N5. The summed E-state index contributed by atoms with van der Waals surface area (Å²) in [5.41, 5.74) is 7.25. The van der Waals surface area contributed by atoms with Crippen LogP contribution in [-0.4, -0.2) is 26.0 Å². The number of hydrogen-bond donors (Lipinski definition) is 2. The van der Waals surface area contributed by atoms with Crippen LogP contribution in [0.3, 0.4) is 0 Å². The number of aromatic nitrogens is 4. The Bertz CT molecular complexity index is 1060. The molecule has 0 radical (unpaired) electrons. The third-order valence-corrected chi connectivity index (χ3v) is 5.21. The predicted octanol–water partition coefficient (Wildman–Crippen LogP) is 3.45. The van der Waals surface area contributed by atoms with Gasteiger partial charge in [-0.3, -0.25) is 4.68 Å². The first-order valence-corrected chi connectivity index (χ1v) is 9.05. The molecule has 1 aliphatic rings. The summed E-state index contributed by atoms with van der Waals surface area (Å²) in [5.74, 6) is 0. The molecule has 5 rings (SSSR count). The summed E-state index contributed by atoms with van der Waals surface area (Å²) in [7, 11) is 0. The standard InChI is InChI=1S/C21H21N5/c1-14-6-8-15(9-7-14)21-13-26(25-24-21)12-16-10-18-17-4-2-3-5-19(17)23-20(18)11-22-16/h2-9,13,16,22-23H,10-12H2,1H3/t16-/m0/s1. The fourth-order valence-electron chi connectivity index (χ4n) is 3.80. The van der Waals surface area contributed by atoms with Gasteiger partial charge in [-0.15, -0.1) is 5.10 Å². The number of aryl methyl sites for hydroxylation is 1. The molecule has 1 aliphatic heterocycles. The minimum atomic E-state index is 0.356. The highest BCUT2D eigenvalue weighted by atomic mass is 15.4. The van der Waals surface area contributed by atoms with Gasteiger partial charge in [0.25, 0.3) is 0 Å². The van der Waals surface area contributed by atoms with Gasteiger partial charge in [-0.2, -0.15) is 0 Å². The van der Waals surface area contributed by atoms with Crippen molar-refractivity contribution in [1.29, 1.82) is 0 Å². The third-order valence-electron chi connectivity index (χ3n) is 5.21. The summed E-state index contributed by atoms with van der Waals surface area (Å²) in [4.78, 5) is 3.53. The van der Waals surface area contributed by atoms with Crippen molar-refractivity contribution in [2.75, 3.05) is 0 Å². The topological polar surface area (TPSA) is 58.5 Å². The van der Waals surface area contributed by atoms with Crippen LogP contribution < -0.4 is 5.32 Å². The Morgan fingerprint density at radius 3 is 2.85 bits per heavy atom. The second kappa shape index (κ2) is 6.11. The largest absolute Gasteiger partial charge is 0.357 e. The van der Waals surface area contributed by atoms with Gasteiger partial charge in [-0.1, -0.05) is 53.2 Å². The minimum absolute atomic E-state index is 0.356. The van der Waals surface area contributed by atoms with Gasteiger partial charge in [0.2, 0.25) is 0 Å². The van der Waals surface area contributed by atoms with Crippen molar-refractivity contribution in [1.82, 2.24) is 25.3 Å². The van der Waals surface area contributed by atoms with E-state index in [0.717, 1.165) is 30.8 Å². The van der Waals surface area contributed by atoms with Crippen LogP contribution in [0, 0.1) is 6.92 Å². The van der Waals surface area contributed by atoms with Crippen LogP contribution in [0.2, 0.25) is 0 Å². The average molecular weight is 343 g/mol. The van der Waals surface area contributed by atoms with Crippen molar-refractivity contribution in [2.24, 2.45) is 0 Å². The Kier molecular flexibility index (Phi) is 3.60. The minimum Gasteiger partial charge on any atom is -0.357 e. The molecule has 0 fully saturated rings. The molecule has 5 heteroatoms. The van der Waals surface area contributed by atoms with Gasteiger partial charge in [0.05, 0.1) is 12.7 Å². The zero-order valence-electron chi connectivity index (χ0n) is 14.7. The van der Waals surface area contributed by atoms with Crippen LogP contribution in [0.1, 0.15) is 16.8 Å². The van der Waals surface area contributed by atoms with Crippen molar-refractivity contribution >= 4 is 10.9 Å². The molecule has 0 aliphatic carbocycles. The quantitative estimate of drug-likeness (QED) is 0.599. The van der Waals surface area contributed by atoms with E-state index in [4.69, 9.17) is 0 Å². The molecule has 0 unspecified atom stereocenters. The van der Waals surface area contributed by atoms with Crippen molar-refractivity contribution in [3.8, 4) is 11.3 Å². The first-order chi connectivity index (χ1) is 12.8. The highest BCUT2D eigenvalue weighted by molar-refractivity contribution is 5.84. The number of aromatic amines is 1. The Morgan fingerprint density at radius 1 is 1.12 bits per heavy atom. The third kappa shape index (κ3) is 2.70. The zero-order chi connectivity index (χ0) is 17.5. The summed E-state index contributed by atoms with van der Waals surface area (Å²) < 4.78 is 1.95. The fraction of sp³-hybridized carbons (Fsp3) is 0.238. The average Bonchev–Trinajstić information content (AvgIpc) is 3.27. The van der Waals surface area contributed by atoms with Gasteiger partial charge in [0.1, 0.15) is 5.69 Å². The van der Waals surface area contributed by atoms with Crippen LogP contribution in [0.4, 0.5) is 0 Å². The molecule has 2 aromatic carbocycles. The Hall–Kier alpha value is -2.92. The maximum Gasteiger partial charge on any atom is 0.113 e. The number of rotatable bonds is 3. The van der Waals surface area contributed by atoms with Crippen molar-refractivity contribution < 1.29 is 0 Å². The highest BCUT2D eigenvalue weighted by Gasteiger charge is 2.22. The van der Waals surface area contributed by atoms with Crippen molar-refractivity contribution in [3.05, 3.63) is 71.5 Å². The predicted molar refractivity (Wildman–Crippen MR) is 103 cm³/mol. The van der Waals surface area contributed by atoms with E-state index in [9.17, 15) is 0 Å². The second-order valence-electron chi connectivity index (χ2n) is 7.10. The van der Waals surface area contributed by atoms with E-state index in [1.807, 2.05) is 10.9 Å². The molecule has 0 spiro atoms. The van der Waals surface area contributed by atoms with Gasteiger partial charge in [-0.25, -0.2) is 0 Å². The SMILES string of the molecule is Cc1ccc(-c2cn(C[C@@H]3Cc4c([nH]c5ccccc45)CN3)nn2)cc1. The molecule has 130 valence electrons. The summed E-state index contributed by atoms with van der Waals surface area (Å²) in [6.07, 6.45) is 3.04. The number of para-hydroxylation sites is 1. The number of fused-ring (bicyclic) bond motifs is 3. The molecule has 1 atom stereocenters. The van der Waals surface area contributed by atoms with Gasteiger partial charge in [0.15, 0.2) is 0 Å². The number of benzene rings is 2. The monoisotopic (exact) mass is 343 g/mol. The maximum absolute atomic E-state index is 4.34. The number of nitrogens with one attached hydrogen (secondary N) is 2. The molecular weight excluding hydrogens is 322 g/mol. The van der Waals surface area contributed by atoms with Crippen LogP contribution in [0.25, 0.3) is 22.2 Å². The molecule has 3 heterocycles. The summed E-state index contributed by atoms with van der Waals surface area (Å²) in [6, 6.07) is 17.3. The maximum atomic E-state index is 4.34. The van der Waals surface area contributed by atoms with E-state index in [1.165, 1.54) is 27.7 Å². The van der Waals surface area contributed by atoms with E-state index in [1.54, 1.807) is 0 Å². The highest BCUT2D eigenvalue weighted by Crippen LogP contribution is 2.27. The lowest BCUT2D eigenvalue weighted by Crippen LogP contribution is -2.38. The molecule has 0 saturated carbocycles. The van der Waals surface area contributed by atoms with Crippen LogP contribution in [0.5, 0.6) is 0 Å². The van der Waals surface area contributed by atoms with E-state index in [0.29, 0.717) is 6.04 Å². The van der Waals surface area contributed by atoms with Crippen LogP contribution in [-0.2, 0) is 19.5 Å². The molecule has 26 heavy (non-hydrogen) atoms. The summed E-state index contributed by atoms with van der Waals surface area (Å²) in [6.45, 7) is 3.78. The summed E-state index contributed by atoms with van der Waals surface area (Å²) in [5, 5.41) is 13.6. The van der Waals surface area contributed by atoms with Gasteiger partial charge < -0.3 is 10.3 Å². The van der Waals surface area contributed by atoms with Gasteiger partial charge >= 0.3 is 0 Å². The lowest BCUT2D eigenvalue weighted by Gasteiger charge is -2.23. The first kappa shape index (κ1) is 15.3. The molecule has 2 aromatic heterocycles. The van der Waals surface area contributed by atoms with Crippen molar-refractivity contribution in [3.63, 3.8) is 0 Å². The Balaban J connectivity index is 1.35. The number of nitrogens with zero attached hydrogens (tertiary/aromatic N) is 3. The zero-order valence-corrected chi connectivity index (χ0v) is 14.7. The molecule has 2 N–H and O–H groups in total. The van der Waals surface area contributed by atoms with E-state index >= 15 is 0 Å². The molecule has 0 bridgehead atoms. The van der Waals surface area contributed by atoms with Crippen LogP contribution >= 0.6 is 0 Å². The second-order valence-corrected chi connectivity index (χ2v) is 7.10. The molecule has 0 saturated heterocycles. The normalized spacial score (nSPS) is 16.7. The van der Waals surface area contributed by atoms with Gasteiger partial charge in [-0.05, 0) is 25.0 Å². The summed E-state index contributed by atoms with van der Waals surface area (Å²) >= 11 is 0. The number of hydrogen-bond acceptors (Lipinski definition) is 3. The van der Waals surface area contributed by atoms with E-state index in [-0.39, 0.29) is 0 Å². The van der Waals surface area contributed by atoms with E-state index in [2.05, 4.69) is 76.1 Å². The molecule has 0 amide bonds.